The van der Waals surface area contributed by atoms with Crippen molar-refractivity contribution in [3.05, 3.63) is 0 Å². The molecule has 2 atom stereocenters. The number of hydrogen-bond acceptors (Lipinski definition) is 3. The maximum atomic E-state index is 11.6. The number of ether oxygens (including phenoxy) is 1. The van der Waals surface area contributed by atoms with Gasteiger partial charge >= 0.3 is 6.09 Å². The minimum absolute atomic E-state index is 0.140. The highest BCUT2D eigenvalue weighted by molar-refractivity contribution is 5.67. The minimum atomic E-state index is -0.285. The molecule has 0 saturated heterocycles. The summed E-state index contributed by atoms with van der Waals surface area (Å²) in [4.78, 5) is 11.6. The third kappa shape index (κ3) is 5.39. The van der Waals surface area contributed by atoms with Crippen molar-refractivity contribution in [3.63, 3.8) is 0 Å². The number of amides is 1. The number of alkyl carbamates (subject to hydrolysis) is 1. The molecule has 0 radical (unpaired) electrons. The second-order valence-electron chi connectivity index (χ2n) is 7.03. The quantitative estimate of drug-likeness (QED) is 0.807. The Balaban J connectivity index is 2.52. The molecule has 4 heteroatoms. The Hall–Kier alpha value is -0.770. The maximum absolute atomic E-state index is 11.6. The van der Waals surface area contributed by atoms with Crippen LogP contribution in [-0.4, -0.2) is 32.3 Å². The average Bonchev–Trinajstić information content (AvgIpc) is 2.31. The van der Waals surface area contributed by atoms with Crippen LogP contribution in [-0.2, 0) is 4.74 Å². The van der Waals surface area contributed by atoms with E-state index < -0.39 is 0 Å². The molecule has 0 aromatic carbocycles. The Labute approximate surface area is 117 Å². The number of carbonyl (C=O) groups excluding carboxylic acids is 1. The minimum Gasteiger partial charge on any atom is -0.450 e. The van der Waals surface area contributed by atoms with Gasteiger partial charge in [-0.2, -0.15) is 0 Å². The average molecular weight is 270 g/mol. The monoisotopic (exact) mass is 270 g/mol. The molecule has 1 fully saturated rings. The number of carbonyl (C=O) groups is 1. The van der Waals surface area contributed by atoms with Crippen LogP contribution in [0.25, 0.3) is 0 Å². The molecule has 1 amide bonds. The second-order valence-corrected chi connectivity index (χ2v) is 7.03. The van der Waals surface area contributed by atoms with Crippen LogP contribution in [0.4, 0.5) is 4.79 Å². The highest BCUT2D eigenvalue weighted by Gasteiger charge is 2.40. The Kier molecular flexibility index (Phi) is 5.65. The summed E-state index contributed by atoms with van der Waals surface area (Å²) >= 11 is 0. The zero-order valence-corrected chi connectivity index (χ0v) is 13.1. The van der Waals surface area contributed by atoms with Crippen molar-refractivity contribution < 1.29 is 9.53 Å². The van der Waals surface area contributed by atoms with Crippen molar-refractivity contribution in [2.24, 2.45) is 10.8 Å². The van der Waals surface area contributed by atoms with Crippen molar-refractivity contribution in [1.29, 1.82) is 0 Å². The molecule has 4 nitrogen and oxygen atoms in total. The van der Waals surface area contributed by atoms with Crippen LogP contribution in [0.3, 0.4) is 0 Å². The van der Waals surface area contributed by atoms with Crippen molar-refractivity contribution in [2.45, 2.75) is 59.4 Å². The SMILES string of the molecule is CCCOC(=O)NCC1(C)CC(NC)CC(C)(C)C1. The molecule has 19 heavy (non-hydrogen) atoms. The molecule has 2 N–H and O–H groups in total. The molecule has 1 saturated carbocycles. The fraction of sp³-hybridized carbons (Fsp3) is 0.933. The van der Waals surface area contributed by atoms with Gasteiger partial charge in [0.15, 0.2) is 0 Å². The third-order valence-electron chi connectivity index (χ3n) is 3.95. The lowest BCUT2D eigenvalue weighted by Gasteiger charge is -2.46. The van der Waals surface area contributed by atoms with Gasteiger partial charge in [-0.25, -0.2) is 4.79 Å². The lowest BCUT2D eigenvalue weighted by molar-refractivity contribution is 0.0692. The van der Waals surface area contributed by atoms with E-state index in [2.05, 4.69) is 31.4 Å². The summed E-state index contributed by atoms with van der Waals surface area (Å²) in [5, 5.41) is 6.31. The summed E-state index contributed by atoms with van der Waals surface area (Å²) in [6, 6.07) is 0.530. The third-order valence-corrected chi connectivity index (χ3v) is 3.95. The Morgan fingerprint density at radius 2 is 2.00 bits per heavy atom. The summed E-state index contributed by atoms with van der Waals surface area (Å²) in [6.45, 7) is 10.1. The lowest BCUT2D eigenvalue weighted by atomic mass is 9.62. The first-order chi connectivity index (χ1) is 8.80. The van der Waals surface area contributed by atoms with E-state index in [1.807, 2.05) is 14.0 Å². The van der Waals surface area contributed by atoms with E-state index in [4.69, 9.17) is 4.74 Å². The lowest BCUT2D eigenvalue weighted by Crippen LogP contribution is -2.48. The van der Waals surface area contributed by atoms with E-state index in [1.165, 1.54) is 6.42 Å². The fourth-order valence-electron chi connectivity index (χ4n) is 3.50. The molecule has 2 unspecified atom stereocenters. The van der Waals surface area contributed by atoms with Crippen LogP contribution in [0, 0.1) is 10.8 Å². The van der Waals surface area contributed by atoms with E-state index in [-0.39, 0.29) is 11.5 Å². The van der Waals surface area contributed by atoms with Gasteiger partial charge in [-0.15, -0.1) is 0 Å². The first-order valence-electron chi connectivity index (χ1n) is 7.38. The summed E-state index contributed by atoms with van der Waals surface area (Å²) in [5.41, 5.74) is 0.455. The van der Waals surface area contributed by atoms with Crippen molar-refractivity contribution >= 4 is 6.09 Å². The summed E-state index contributed by atoms with van der Waals surface area (Å²) in [6.07, 6.45) is 4.00. The molecular weight excluding hydrogens is 240 g/mol. The molecule has 0 spiro atoms. The summed E-state index contributed by atoms with van der Waals surface area (Å²) < 4.78 is 5.07. The van der Waals surface area contributed by atoms with E-state index in [0.29, 0.717) is 24.6 Å². The second kappa shape index (κ2) is 6.60. The smallest absolute Gasteiger partial charge is 0.407 e. The molecule has 0 bridgehead atoms. The van der Waals surface area contributed by atoms with Gasteiger partial charge in [-0.1, -0.05) is 27.7 Å². The summed E-state index contributed by atoms with van der Waals surface area (Å²) in [5.74, 6) is 0. The fourth-order valence-corrected chi connectivity index (χ4v) is 3.50. The Morgan fingerprint density at radius 3 is 2.58 bits per heavy atom. The van der Waals surface area contributed by atoms with Gasteiger partial charge in [-0.3, -0.25) is 0 Å². The molecular formula is C15H30N2O2. The van der Waals surface area contributed by atoms with Crippen LogP contribution in [0.15, 0.2) is 0 Å². The first kappa shape index (κ1) is 16.3. The molecule has 1 aliphatic rings. The maximum Gasteiger partial charge on any atom is 0.407 e. The molecule has 1 aliphatic carbocycles. The zero-order chi connectivity index (χ0) is 14.5. The number of rotatable bonds is 5. The van der Waals surface area contributed by atoms with Crippen LogP contribution in [0.5, 0.6) is 0 Å². The van der Waals surface area contributed by atoms with Crippen molar-refractivity contribution in [1.82, 2.24) is 10.6 Å². The van der Waals surface area contributed by atoms with Gasteiger partial charge in [0.1, 0.15) is 0 Å². The molecule has 0 aromatic heterocycles. The van der Waals surface area contributed by atoms with Gasteiger partial charge < -0.3 is 15.4 Å². The first-order valence-corrected chi connectivity index (χ1v) is 7.38. The molecule has 0 aliphatic heterocycles. The standard InChI is InChI=1S/C15H30N2O2/c1-6-7-19-13(18)17-11-15(4)9-12(16-5)8-14(2,3)10-15/h12,16H,6-11H2,1-5H3,(H,17,18). The van der Waals surface area contributed by atoms with Crippen LogP contribution in [0.1, 0.15) is 53.4 Å². The van der Waals surface area contributed by atoms with Gasteiger partial charge in [0, 0.05) is 12.6 Å². The Bertz CT molecular complexity index is 305. The number of nitrogens with one attached hydrogen (secondary N) is 2. The van der Waals surface area contributed by atoms with Gasteiger partial charge in [0.05, 0.1) is 6.61 Å². The van der Waals surface area contributed by atoms with E-state index >= 15 is 0 Å². The molecule has 0 aromatic rings. The highest BCUT2D eigenvalue weighted by Crippen LogP contribution is 2.45. The van der Waals surface area contributed by atoms with E-state index in [9.17, 15) is 4.79 Å². The van der Waals surface area contributed by atoms with Crippen LogP contribution >= 0.6 is 0 Å². The van der Waals surface area contributed by atoms with Gasteiger partial charge in [-0.05, 0) is 43.6 Å². The Morgan fingerprint density at radius 1 is 1.32 bits per heavy atom. The van der Waals surface area contributed by atoms with Gasteiger partial charge in [0.25, 0.3) is 0 Å². The normalized spacial score (nSPS) is 29.8. The summed E-state index contributed by atoms with van der Waals surface area (Å²) in [7, 11) is 2.02. The topological polar surface area (TPSA) is 50.4 Å². The van der Waals surface area contributed by atoms with Gasteiger partial charge in [0.2, 0.25) is 0 Å². The largest absolute Gasteiger partial charge is 0.450 e. The van der Waals surface area contributed by atoms with Crippen LogP contribution in [0.2, 0.25) is 0 Å². The van der Waals surface area contributed by atoms with Crippen LogP contribution < -0.4 is 10.6 Å². The molecule has 1 rings (SSSR count). The van der Waals surface area contributed by atoms with Crippen molar-refractivity contribution in [2.75, 3.05) is 20.2 Å². The zero-order valence-electron chi connectivity index (χ0n) is 13.1. The highest BCUT2D eigenvalue weighted by atomic mass is 16.5. The predicted molar refractivity (Wildman–Crippen MR) is 78.2 cm³/mol. The predicted octanol–water partition coefficient (Wildman–Crippen LogP) is 2.93. The number of hydrogen-bond donors (Lipinski definition) is 2. The molecule has 112 valence electrons. The van der Waals surface area contributed by atoms with Crippen molar-refractivity contribution in [3.8, 4) is 0 Å². The molecule has 0 heterocycles. The van der Waals surface area contributed by atoms with E-state index in [0.717, 1.165) is 19.3 Å². The van der Waals surface area contributed by atoms with E-state index in [1.54, 1.807) is 0 Å².